The second kappa shape index (κ2) is 5.41. The lowest BCUT2D eigenvalue weighted by Gasteiger charge is -2.04. The minimum Gasteiger partial charge on any atom is -0.383 e. The molecule has 0 unspecified atom stereocenters. The first-order valence-electron chi connectivity index (χ1n) is 5.45. The van der Waals surface area contributed by atoms with Crippen LogP contribution in [0.5, 0.6) is 0 Å². The molecule has 1 aromatic carbocycles. The predicted octanol–water partition coefficient (Wildman–Crippen LogP) is 1.94. The Morgan fingerprint density at radius 1 is 1.56 bits per heavy atom. The van der Waals surface area contributed by atoms with Gasteiger partial charge in [-0.1, -0.05) is 17.4 Å². The molecule has 0 radical (unpaired) electrons. The Kier molecular flexibility index (Phi) is 3.88. The number of fused-ring (bicyclic) bond motifs is 1. The molecule has 0 aliphatic rings. The highest BCUT2D eigenvalue weighted by atomic mass is 32.1. The van der Waals surface area contributed by atoms with Crippen LogP contribution in [0.15, 0.2) is 23.2 Å². The zero-order valence-electron chi connectivity index (χ0n) is 10.1. The van der Waals surface area contributed by atoms with Crippen molar-refractivity contribution in [1.82, 2.24) is 4.57 Å². The second-order valence-corrected chi connectivity index (χ2v) is 4.76. The first kappa shape index (κ1) is 12.9. The molecule has 0 N–H and O–H groups in total. The van der Waals surface area contributed by atoms with Gasteiger partial charge in [0, 0.05) is 20.6 Å². The lowest BCUT2D eigenvalue weighted by Crippen LogP contribution is -2.19. The highest BCUT2D eigenvalue weighted by Crippen LogP contribution is 2.20. The van der Waals surface area contributed by atoms with Gasteiger partial charge in [0.05, 0.1) is 16.8 Å². The van der Waals surface area contributed by atoms with Gasteiger partial charge in [-0.2, -0.15) is 4.99 Å². The van der Waals surface area contributed by atoms with Crippen LogP contribution >= 0.6 is 11.3 Å². The van der Waals surface area contributed by atoms with Gasteiger partial charge in [0.15, 0.2) is 4.80 Å². The van der Waals surface area contributed by atoms with Crippen LogP contribution < -0.4 is 4.80 Å². The van der Waals surface area contributed by atoms with Gasteiger partial charge in [-0.15, -0.1) is 0 Å². The molecule has 0 atom stereocenters. The number of amides is 1. The summed E-state index contributed by atoms with van der Waals surface area (Å²) in [4.78, 5) is 15.5. The van der Waals surface area contributed by atoms with Gasteiger partial charge in [-0.3, -0.25) is 4.79 Å². The lowest BCUT2D eigenvalue weighted by atomic mass is 10.3. The van der Waals surface area contributed by atoms with Crippen LogP contribution in [0.25, 0.3) is 10.2 Å². The summed E-state index contributed by atoms with van der Waals surface area (Å²) in [5, 5.41) is 0. The summed E-state index contributed by atoms with van der Waals surface area (Å²) in [5.41, 5.74) is 0.472. The van der Waals surface area contributed by atoms with Crippen LogP contribution in [0.4, 0.5) is 4.39 Å². The summed E-state index contributed by atoms with van der Waals surface area (Å²) in [6, 6.07) is 4.85. The van der Waals surface area contributed by atoms with Crippen molar-refractivity contribution in [3.05, 3.63) is 28.8 Å². The van der Waals surface area contributed by atoms with Crippen molar-refractivity contribution in [1.29, 1.82) is 0 Å². The average Bonchev–Trinajstić information content (AvgIpc) is 2.64. The first-order valence-corrected chi connectivity index (χ1v) is 6.27. The molecule has 0 fully saturated rings. The molecule has 0 aliphatic heterocycles. The Bertz CT molecular complexity index is 645. The number of rotatable bonds is 3. The van der Waals surface area contributed by atoms with Crippen LogP contribution in [-0.4, -0.2) is 24.2 Å². The Morgan fingerprint density at radius 2 is 2.33 bits per heavy atom. The van der Waals surface area contributed by atoms with Gasteiger partial charge in [-0.05, 0) is 12.1 Å². The normalized spacial score (nSPS) is 12.3. The smallest absolute Gasteiger partial charge is 0.245 e. The third-order valence-electron chi connectivity index (χ3n) is 2.42. The van der Waals surface area contributed by atoms with Gasteiger partial charge >= 0.3 is 0 Å². The van der Waals surface area contributed by atoms with E-state index >= 15 is 0 Å². The molecule has 18 heavy (non-hydrogen) atoms. The van der Waals surface area contributed by atoms with E-state index in [9.17, 15) is 9.18 Å². The lowest BCUT2D eigenvalue weighted by molar-refractivity contribution is -0.116. The fourth-order valence-electron chi connectivity index (χ4n) is 1.70. The molecule has 2 rings (SSSR count). The number of para-hydroxylation sites is 1. The largest absolute Gasteiger partial charge is 0.383 e. The summed E-state index contributed by atoms with van der Waals surface area (Å²) < 4.78 is 21.3. The van der Waals surface area contributed by atoms with Crippen LogP contribution in [-0.2, 0) is 16.1 Å². The number of ether oxygens (including phenoxy) is 1. The fourth-order valence-corrected chi connectivity index (χ4v) is 2.81. The predicted molar refractivity (Wildman–Crippen MR) is 67.9 cm³/mol. The SMILES string of the molecule is COCCn1c(=NC(C)=O)sc2cccc(F)c21. The molecule has 6 heteroatoms. The van der Waals surface area contributed by atoms with Gasteiger partial charge in [0.25, 0.3) is 0 Å². The maximum Gasteiger partial charge on any atom is 0.245 e. The van der Waals surface area contributed by atoms with E-state index in [0.29, 0.717) is 23.5 Å². The molecule has 0 aliphatic carbocycles. The van der Waals surface area contributed by atoms with E-state index in [0.717, 1.165) is 4.70 Å². The monoisotopic (exact) mass is 268 g/mol. The average molecular weight is 268 g/mol. The van der Waals surface area contributed by atoms with E-state index < -0.39 is 0 Å². The van der Waals surface area contributed by atoms with Gasteiger partial charge in [0.1, 0.15) is 5.82 Å². The van der Waals surface area contributed by atoms with Gasteiger partial charge < -0.3 is 9.30 Å². The Labute approximate surface area is 107 Å². The van der Waals surface area contributed by atoms with Crippen LogP contribution in [0.1, 0.15) is 6.92 Å². The molecule has 0 saturated carbocycles. The van der Waals surface area contributed by atoms with Crippen LogP contribution in [0.3, 0.4) is 0 Å². The minimum atomic E-state index is -0.315. The number of halogens is 1. The highest BCUT2D eigenvalue weighted by molar-refractivity contribution is 7.16. The Morgan fingerprint density at radius 3 is 3.00 bits per heavy atom. The first-order chi connectivity index (χ1) is 8.63. The van der Waals surface area contributed by atoms with Crippen molar-refractivity contribution in [3.63, 3.8) is 0 Å². The molecule has 1 heterocycles. The summed E-state index contributed by atoms with van der Waals surface area (Å²) in [6.07, 6.45) is 0. The number of carbonyl (C=O) groups excluding carboxylic acids is 1. The van der Waals surface area contributed by atoms with Crippen molar-refractivity contribution in [3.8, 4) is 0 Å². The topological polar surface area (TPSA) is 43.6 Å². The van der Waals surface area contributed by atoms with E-state index in [4.69, 9.17) is 4.74 Å². The zero-order valence-corrected chi connectivity index (χ0v) is 11.0. The quantitative estimate of drug-likeness (QED) is 0.853. The number of thiazole rings is 1. The number of methoxy groups -OCH3 is 1. The number of carbonyl (C=O) groups is 1. The van der Waals surface area contributed by atoms with E-state index in [1.807, 2.05) is 6.07 Å². The Balaban J connectivity index is 2.70. The number of aromatic nitrogens is 1. The van der Waals surface area contributed by atoms with Crippen LogP contribution in [0, 0.1) is 5.82 Å². The maximum atomic E-state index is 13.8. The highest BCUT2D eigenvalue weighted by Gasteiger charge is 2.10. The van der Waals surface area contributed by atoms with Gasteiger partial charge in [0.2, 0.25) is 5.91 Å². The summed E-state index contributed by atoms with van der Waals surface area (Å²) in [6.45, 7) is 2.27. The van der Waals surface area contributed by atoms with Crippen molar-refractivity contribution in [2.75, 3.05) is 13.7 Å². The number of hydrogen-bond acceptors (Lipinski definition) is 3. The molecule has 0 spiro atoms. The van der Waals surface area contributed by atoms with E-state index in [2.05, 4.69) is 4.99 Å². The molecule has 1 aromatic heterocycles. The summed E-state index contributed by atoms with van der Waals surface area (Å²) in [7, 11) is 1.58. The minimum absolute atomic E-state index is 0.298. The second-order valence-electron chi connectivity index (χ2n) is 3.75. The van der Waals surface area contributed by atoms with Crippen LogP contribution in [0.2, 0.25) is 0 Å². The van der Waals surface area contributed by atoms with Crippen molar-refractivity contribution < 1.29 is 13.9 Å². The standard InChI is InChI=1S/C12H13FN2O2S/c1-8(16)14-12-15(6-7-17-2)11-9(13)4-3-5-10(11)18-12/h3-5H,6-7H2,1-2H3. The summed E-state index contributed by atoms with van der Waals surface area (Å²) in [5.74, 6) is -0.613. The van der Waals surface area contributed by atoms with Gasteiger partial charge in [-0.25, -0.2) is 4.39 Å². The third kappa shape index (κ3) is 2.49. The molecular weight excluding hydrogens is 255 g/mol. The number of benzene rings is 1. The molecule has 96 valence electrons. The molecule has 2 aromatic rings. The number of nitrogens with zero attached hydrogens (tertiary/aromatic N) is 2. The fraction of sp³-hybridized carbons (Fsp3) is 0.333. The van der Waals surface area contributed by atoms with E-state index in [1.54, 1.807) is 17.7 Å². The Hall–Kier alpha value is -1.53. The molecule has 0 bridgehead atoms. The third-order valence-corrected chi connectivity index (χ3v) is 3.47. The zero-order chi connectivity index (χ0) is 13.1. The van der Waals surface area contributed by atoms with Crippen molar-refractivity contribution in [2.45, 2.75) is 13.5 Å². The molecule has 0 saturated heterocycles. The van der Waals surface area contributed by atoms with Crippen molar-refractivity contribution >= 4 is 27.5 Å². The molecule has 1 amide bonds. The molecular formula is C12H13FN2O2S. The summed E-state index contributed by atoms with van der Waals surface area (Å²) >= 11 is 1.30. The van der Waals surface area contributed by atoms with E-state index in [-0.39, 0.29) is 11.7 Å². The van der Waals surface area contributed by atoms with E-state index in [1.165, 1.54) is 24.3 Å². The number of hydrogen-bond donors (Lipinski definition) is 0. The maximum absolute atomic E-state index is 13.8. The van der Waals surface area contributed by atoms with Crippen molar-refractivity contribution in [2.24, 2.45) is 4.99 Å². The molecule has 4 nitrogen and oxygen atoms in total.